The van der Waals surface area contributed by atoms with E-state index in [-0.39, 0.29) is 44.2 Å². The number of aryl methyl sites for hydroxylation is 1. The van der Waals surface area contributed by atoms with Crippen LogP contribution < -0.4 is 9.62 Å². The molecule has 3 aromatic carbocycles. The number of rotatable bonds is 13. The monoisotopic (exact) mass is 645 g/mol. The zero-order valence-electron chi connectivity index (χ0n) is 25.4. The number of nitrogens with zero attached hydrogens (tertiary/aromatic N) is 2. The van der Waals surface area contributed by atoms with Gasteiger partial charge in [0, 0.05) is 47.1 Å². The van der Waals surface area contributed by atoms with Gasteiger partial charge in [0.1, 0.15) is 6.04 Å². The van der Waals surface area contributed by atoms with E-state index in [4.69, 9.17) is 23.2 Å². The van der Waals surface area contributed by atoms with E-state index in [0.717, 1.165) is 23.8 Å². The first-order chi connectivity index (χ1) is 20.2. The molecule has 232 valence electrons. The van der Waals surface area contributed by atoms with Crippen molar-refractivity contribution in [3.8, 4) is 0 Å². The number of sulfonamides is 1. The number of anilines is 1. The summed E-state index contributed by atoms with van der Waals surface area (Å²) in [6, 6.07) is 21.1. The number of carbonyl (C=O) groups excluding carboxylic acids is 2. The average molecular weight is 647 g/mol. The summed E-state index contributed by atoms with van der Waals surface area (Å²) < 4.78 is 26.7. The normalized spacial score (nSPS) is 12.4. The summed E-state index contributed by atoms with van der Waals surface area (Å²) in [5, 5.41) is 3.80. The Hall–Kier alpha value is -3.07. The van der Waals surface area contributed by atoms with Gasteiger partial charge in [-0.3, -0.25) is 13.9 Å². The summed E-state index contributed by atoms with van der Waals surface area (Å²) in [7, 11) is -3.60. The van der Waals surface area contributed by atoms with Crippen LogP contribution in [0.3, 0.4) is 0 Å². The molecule has 0 fully saturated rings. The zero-order valence-corrected chi connectivity index (χ0v) is 27.8. The summed E-state index contributed by atoms with van der Waals surface area (Å²) in [6.45, 7) is 7.80. The van der Waals surface area contributed by atoms with Crippen molar-refractivity contribution in [2.75, 3.05) is 17.1 Å². The molecule has 0 unspecified atom stereocenters. The number of amides is 2. The van der Waals surface area contributed by atoms with Crippen LogP contribution in [0.5, 0.6) is 0 Å². The Labute approximate surface area is 266 Å². The third-order valence-corrected chi connectivity index (χ3v) is 8.85. The molecular formula is C33H41Cl2N3O4S. The molecule has 3 rings (SSSR count). The zero-order chi connectivity index (χ0) is 31.8. The second kappa shape index (κ2) is 15.1. The van der Waals surface area contributed by atoms with Crippen LogP contribution in [0.25, 0.3) is 0 Å². The third-order valence-electron chi connectivity index (χ3n) is 6.94. The maximum absolute atomic E-state index is 14.0. The molecule has 0 aliphatic heterocycles. The Morgan fingerprint density at radius 2 is 1.49 bits per heavy atom. The van der Waals surface area contributed by atoms with Gasteiger partial charge in [0.2, 0.25) is 21.8 Å². The van der Waals surface area contributed by atoms with E-state index in [2.05, 4.69) is 5.32 Å². The van der Waals surface area contributed by atoms with E-state index >= 15 is 0 Å². The number of hydrogen-bond donors (Lipinski definition) is 1. The number of carbonyl (C=O) groups is 2. The summed E-state index contributed by atoms with van der Waals surface area (Å²) in [5.74, 6) is -0.614. The van der Waals surface area contributed by atoms with Gasteiger partial charge in [0.25, 0.3) is 0 Å². The minimum atomic E-state index is -3.60. The van der Waals surface area contributed by atoms with Crippen molar-refractivity contribution in [2.45, 2.75) is 71.5 Å². The first-order valence-electron chi connectivity index (χ1n) is 14.3. The summed E-state index contributed by atoms with van der Waals surface area (Å²) in [5.41, 5.74) is 2.53. The molecule has 43 heavy (non-hydrogen) atoms. The van der Waals surface area contributed by atoms with Gasteiger partial charge < -0.3 is 10.2 Å². The van der Waals surface area contributed by atoms with Crippen LogP contribution >= 0.6 is 23.2 Å². The van der Waals surface area contributed by atoms with Crippen LogP contribution in [0.4, 0.5) is 5.69 Å². The van der Waals surface area contributed by atoms with Crippen LogP contribution in [0.1, 0.15) is 57.2 Å². The summed E-state index contributed by atoms with van der Waals surface area (Å²) >= 11 is 13.0. The molecular weight excluding hydrogens is 605 g/mol. The standard InChI is InChI=1S/C33H41Cl2N3O4S/c1-6-24-17-19-26(20-18-24)38(43(5,41)42)21-11-16-31(39)37(23-27-28(34)14-10-15-29(27)35)30(32(40)36-33(2,3)4)22-25-12-8-7-9-13-25/h7-10,12-15,17-20,30H,6,11,16,21-23H2,1-5H3,(H,36,40)/t30-/m0/s1. The van der Waals surface area contributed by atoms with E-state index in [1.165, 1.54) is 9.21 Å². The molecule has 0 aliphatic carbocycles. The van der Waals surface area contributed by atoms with Gasteiger partial charge in [-0.15, -0.1) is 0 Å². The van der Waals surface area contributed by atoms with Gasteiger partial charge in [-0.2, -0.15) is 0 Å². The fourth-order valence-electron chi connectivity index (χ4n) is 4.76. The molecule has 0 aromatic heterocycles. The fourth-order valence-corrected chi connectivity index (χ4v) is 6.24. The molecule has 1 atom stereocenters. The lowest BCUT2D eigenvalue weighted by Gasteiger charge is -2.34. The van der Waals surface area contributed by atoms with Gasteiger partial charge in [-0.1, -0.05) is 78.7 Å². The van der Waals surface area contributed by atoms with Crippen LogP contribution in [-0.2, 0) is 39.0 Å². The third kappa shape index (κ3) is 10.3. The maximum Gasteiger partial charge on any atom is 0.243 e. The first-order valence-corrected chi connectivity index (χ1v) is 16.9. The molecule has 1 N–H and O–H groups in total. The first kappa shape index (κ1) is 34.4. The topological polar surface area (TPSA) is 86.8 Å². The lowest BCUT2D eigenvalue weighted by Crippen LogP contribution is -2.54. The molecule has 0 bridgehead atoms. The maximum atomic E-state index is 14.0. The van der Waals surface area contributed by atoms with Crippen molar-refractivity contribution in [1.82, 2.24) is 10.2 Å². The molecule has 7 nitrogen and oxygen atoms in total. The number of halogens is 2. The predicted octanol–water partition coefficient (Wildman–Crippen LogP) is 6.66. The highest BCUT2D eigenvalue weighted by Crippen LogP contribution is 2.28. The number of nitrogens with one attached hydrogen (secondary N) is 1. The van der Waals surface area contributed by atoms with Crippen molar-refractivity contribution in [1.29, 1.82) is 0 Å². The Balaban J connectivity index is 1.94. The van der Waals surface area contributed by atoms with Gasteiger partial charge in [-0.05, 0) is 69.0 Å². The molecule has 0 radical (unpaired) electrons. The van der Waals surface area contributed by atoms with Gasteiger partial charge >= 0.3 is 0 Å². The van der Waals surface area contributed by atoms with Crippen LogP contribution in [0.15, 0.2) is 72.8 Å². The SMILES string of the molecule is CCc1ccc(N(CCCC(=O)N(Cc2c(Cl)cccc2Cl)[C@@H](Cc2ccccc2)C(=O)NC(C)(C)C)S(C)(=O)=O)cc1. The Bertz CT molecular complexity index is 1470. The van der Waals surface area contributed by atoms with E-state index in [9.17, 15) is 18.0 Å². The van der Waals surface area contributed by atoms with Crippen LogP contribution in [0, 0.1) is 0 Å². The van der Waals surface area contributed by atoms with E-state index in [1.54, 1.807) is 30.3 Å². The number of benzene rings is 3. The Kier molecular flexibility index (Phi) is 12.1. The van der Waals surface area contributed by atoms with Gasteiger partial charge in [-0.25, -0.2) is 8.42 Å². The minimum Gasteiger partial charge on any atom is -0.350 e. The highest BCUT2D eigenvalue weighted by molar-refractivity contribution is 7.92. The lowest BCUT2D eigenvalue weighted by molar-refractivity contribution is -0.142. The molecule has 0 aliphatic rings. The minimum absolute atomic E-state index is 0.00915. The quantitative estimate of drug-likeness (QED) is 0.225. The molecule has 0 saturated carbocycles. The van der Waals surface area contributed by atoms with Gasteiger partial charge in [0.15, 0.2) is 0 Å². The van der Waals surface area contributed by atoms with E-state index in [0.29, 0.717) is 21.3 Å². The fraction of sp³-hybridized carbons (Fsp3) is 0.394. The molecule has 0 heterocycles. The largest absolute Gasteiger partial charge is 0.350 e. The van der Waals surface area contributed by atoms with Crippen molar-refractivity contribution in [3.63, 3.8) is 0 Å². The van der Waals surface area contributed by atoms with Crippen LogP contribution in [-0.4, -0.2) is 49.5 Å². The Morgan fingerprint density at radius 3 is 2.02 bits per heavy atom. The van der Waals surface area contributed by atoms with E-state index in [1.807, 2.05) is 70.2 Å². The molecule has 3 aromatic rings. The predicted molar refractivity (Wildman–Crippen MR) is 176 cm³/mol. The Morgan fingerprint density at radius 1 is 0.884 bits per heavy atom. The highest BCUT2D eigenvalue weighted by atomic mass is 35.5. The second-order valence-corrected chi connectivity index (χ2v) is 14.3. The summed E-state index contributed by atoms with van der Waals surface area (Å²) in [4.78, 5) is 29.3. The summed E-state index contributed by atoms with van der Waals surface area (Å²) in [6.07, 6.45) is 2.52. The highest BCUT2D eigenvalue weighted by Gasteiger charge is 2.33. The van der Waals surface area contributed by atoms with Crippen molar-refractivity contribution >= 4 is 50.7 Å². The van der Waals surface area contributed by atoms with Crippen molar-refractivity contribution in [2.24, 2.45) is 0 Å². The second-order valence-electron chi connectivity index (χ2n) is 11.6. The van der Waals surface area contributed by atoms with Gasteiger partial charge in [0.05, 0.1) is 11.9 Å². The molecule has 10 heteroatoms. The average Bonchev–Trinajstić information content (AvgIpc) is 2.93. The van der Waals surface area contributed by atoms with Crippen molar-refractivity contribution < 1.29 is 18.0 Å². The molecule has 0 saturated heterocycles. The van der Waals surface area contributed by atoms with Crippen LogP contribution in [0.2, 0.25) is 10.0 Å². The number of hydrogen-bond acceptors (Lipinski definition) is 4. The van der Waals surface area contributed by atoms with Crippen molar-refractivity contribution in [3.05, 3.63) is 99.5 Å². The van der Waals surface area contributed by atoms with E-state index < -0.39 is 21.6 Å². The molecule has 0 spiro atoms. The molecule has 2 amide bonds. The smallest absolute Gasteiger partial charge is 0.243 e. The lowest BCUT2D eigenvalue weighted by atomic mass is 10.00.